The monoisotopic (exact) mass is 386 g/mol. The molecular weight excluding hydrogens is 372 g/mol. The fraction of sp³-hybridized carbons (Fsp3) is 0.467. The minimum atomic E-state index is -0.829. The van der Waals surface area contributed by atoms with Gasteiger partial charge in [-0.3, -0.25) is 4.79 Å². The zero-order chi connectivity index (χ0) is 15.7. The Hall–Kier alpha value is -1.11. The molecule has 22 heavy (non-hydrogen) atoms. The number of hydrogen-bond donors (Lipinski definition) is 1. The second kappa shape index (κ2) is 6.56. The van der Waals surface area contributed by atoms with Crippen molar-refractivity contribution in [3.8, 4) is 0 Å². The molecule has 0 aliphatic carbocycles. The Labute approximate surface area is 141 Å². The first-order valence-corrected chi connectivity index (χ1v) is 8.43. The van der Waals surface area contributed by atoms with E-state index in [4.69, 9.17) is 21.4 Å². The third kappa shape index (κ3) is 3.14. The summed E-state index contributed by atoms with van der Waals surface area (Å²) >= 11 is 9.63. The van der Waals surface area contributed by atoms with Gasteiger partial charge in [0.1, 0.15) is 0 Å². The van der Waals surface area contributed by atoms with E-state index in [1.54, 1.807) is 0 Å². The van der Waals surface area contributed by atoms with Crippen molar-refractivity contribution in [3.05, 3.63) is 27.3 Å². The number of fused-ring (bicyclic) bond motifs is 1. The highest BCUT2D eigenvalue weighted by molar-refractivity contribution is 9.10. The molecule has 1 aliphatic rings. The number of halogens is 2. The van der Waals surface area contributed by atoms with E-state index < -0.39 is 5.97 Å². The van der Waals surface area contributed by atoms with Crippen LogP contribution >= 0.6 is 27.5 Å². The van der Waals surface area contributed by atoms with Crippen molar-refractivity contribution in [2.45, 2.75) is 38.3 Å². The van der Waals surface area contributed by atoms with Gasteiger partial charge in [0.05, 0.1) is 22.7 Å². The number of rotatable bonds is 4. The van der Waals surface area contributed by atoms with Gasteiger partial charge in [-0.25, -0.2) is 4.68 Å². The quantitative estimate of drug-likeness (QED) is 0.855. The number of hydrogen-bond acceptors (Lipinski definition) is 3. The number of carboxylic acid groups (broad SMARTS) is 1. The first-order valence-electron chi connectivity index (χ1n) is 7.26. The van der Waals surface area contributed by atoms with Gasteiger partial charge in [-0.1, -0.05) is 11.6 Å². The van der Waals surface area contributed by atoms with E-state index in [2.05, 4.69) is 21.0 Å². The number of aryl methyl sites for hydroxylation is 1. The third-order valence-corrected chi connectivity index (χ3v) is 5.03. The maximum absolute atomic E-state index is 10.8. The highest BCUT2D eigenvalue weighted by Crippen LogP contribution is 2.34. The minimum Gasteiger partial charge on any atom is -0.481 e. The Balaban J connectivity index is 2.06. The van der Waals surface area contributed by atoms with Crippen LogP contribution in [0.25, 0.3) is 10.9 Å². The second-order valence-corrected chi connectivity index (χ2v) is 6.65. The van der Waals surface area contributed by atoms with Crippen molar-refractivity contribution < 1.29 is 14.6 Å². The summed E-state index contributed by atoms with van der Waals surface area (Å²) in [5, 5.41) is 15.1. The van der Waals surface area contributed by atoms with Crippen molar-refractivity contribution in [1.82, 2.24) is 9.78 Å². The highest BCUT2D eigenvalue weighted by atomic mass is 79.9. The van der Waals surface area contributed by atoms with Gasteiger partial charge in [0.15, 0.2) is 6.23 Å². The Morgan fingerprint density at radius 2 is 2.32 bits per heavy atom. The average Bonchev–Trinajstić information content (AvgIpc) is 2.84. The van der Waals surface area contributed by atoms with E-state index in [9.17, 15) is 4.79 Å². The van der Waals surface area contributed by atoms with Gasteiger partial charge >= 0.3 is 5.97 Å². The Kier molecular flexibility index (Phi) is 4.70. The van der Waals surface area contributed by atoms with E-state index in [0.717, 1.165) is 46.9 Å². The number of aliphatic carboxylic acids is 1. The molecule has 1 saturated heterocycles. The number of nitrogens with zero attached hydrogens (tertiary/aromatic N) is 2. The van der Waals surface area contributed by atoms with Gasteiger partial charge in [0.2, 0.25) is 0 Å². The summed E-state index contributed by atoms with van der Waals surface area (Å²) in [5.41, 5.74) is 1.66. The van der Waals surface area contributed by atoms with Crippen LogP contribution in [0.2, 0.25) is 5.02 Å². The zero-order valence-corrected chi connectivity index (χ0v) is 14.2. The third-order valence-electron chi connectivity index (χ3n) is 3.83. The Bertz CT molecular complexity index is 710. The average molecular weight is 388 g/mol. The molecule has 0 saturated carbocycles. The van der Waals surface area contributed by atoms with Gasteiger partial charge < -0.3 is 9.84 Å². The van der Waals surface area contributed by atoms with Crippen LogP contribution in [-0.4, -0.2) is 27.5 Å². The molecule has 1 fully saturated rings. The summed E-state index contributed by atoms with van der Waals surface area (Å²) in [7, 11) is 0. The molecule has 1 unspecified atom stereocenters. The predicted octanol–water partition coefficient (Wildman–Crippen LogP) is 4.17. The molecule has 118 valence electrons. The number of aromatic nitrogens is 2. The molecule has 1 aromatic heterocycles. The molecule has 2 aromatic rings. The molecule has 0 bridgehead atoms. The first-order chi connectivity index (χ1) is 10.6. The van der Waals surface area contributed by atoms with Crippen LogP contribution in [-0.2, 0) is 16.0 Å². The van der Waals surface area contributed by atoms with E-state index in [1.807, 2.05) is 16.8 Å². The molecule has 3 rings (SSSR count). The molecular formula is C15H16BrClN2O3. The lowest BCUT2D eigenvalue weighted by molar-refractivity contribution is -0.136. The lowest BCUT2D eigenvalue weighted by Crippen LogP contribution is -2.19. The molecule has 0 amide bonds. The van der Waals surface area contributed by atoms with Gasteiger partial charge in [-0.2, -0.15) is 5.10 Å². The highest BCUT2D eigenvalue weighted by Gasteiger charge is 2.22. The maximum Gasteiger partial charge on any atom is 0.303 e. The standard InChI is InChI=1S/C15H16BrClN2O3/c16-10-7-9-12(4-5-15(20)21)18-19(13(9)8-11(10)17)14-3-1-2-6-22-14/h7-8,14H,1-6H2,(H,20,21). The number of carboxylic acids is 1. The fourth-order valence-corrected chi connectivity index (χ4v) is 3.24. The summed E-state index contributed by atoms with van der Waals surface area (Å²) in [6.45, 7) is 0.723. The van der Waals surface area contributed by atoms with Crippen molar-refractivity contribution in [3.63, 3.8) is 0 Å². The molecule has 1 aliphatic heterocycles. The van der Waals surface area contributed by atoms with Crippen LogP contribution in [0.5, 0.6) is 0 Å². The molecule has 0 radical (unpaired) electrons. The molecule has 7 heteroatoms. The summed E-state index contributed by atoms with van der Waals surface area (Å²) in [6.07, 6.45) is 3.40. The SMILES string of the molecule is O=C(O)CCc1nn(C2CCCCO2)c2cc(Cl)c(Br)cc12. The van der Waals surface area contributed by atoms with Gasteiger partial charge in [-0.05, 0) is 47.3 Å². The predicted molar refractivity (Wildman–Crippen MR) is 87.2 cm³/mol. The zero-order valence-electron chi connectivity index (χ0n) is 11.9. The maximum atomic E-state index is 10.8. The van der Waals surface area contributed by atoms with Crippen molar-refractivity contribution in [2.24, 2.45) is 0 Å². The molecule has 2 heterocycles. The molecule has 5 nitrogen and oxygen atoms in total. The summed E-state index contributed by atoms with van der Waals surface area (Å²) < 4.78 is 8.44. The Morgan fingerprint density at radius 3 is 3.00 bits per heavy atom. The van der Waals surface area contributed by atoms with Crippen LogP contribution in [0.15, 0.2) is 16.6 Å². The molecule has 0 spiro atoms. The van der Waals surface area contributed by atoms with E-state index in [0.29, 0.717) is 11.4 Å². The van der Waals surface area contributed by atoms with Gasteiger partial charge in [0.25, 0.3) is 0 Å². The molecule has 1 aromatic carbocycles. The summed E-state index contributed by atoms with van der Waals surface area (Å²) in [6, 6.07) is 3.76. The van der Waals surface area contributed by atoms with Crippen molar-refractivity contribution >= 4 is 44.4 Å². The van der Waals surface area contributed by atoms with Gasteiger partial charge in [0, 0.05) is 22.9 Å². The van der Waals surface area contributed by atoms with Crippen LogP contribution in [0.4, 0.5) is 0 Å². The summed E-state index contributed by atoms with van der Waals surface area (Å²) in [4.78, 5) is 10.8. The topological polar surface area (TPSA) is 64.3 Å². The second-order valence-electron chi connectivity index (χ2n) is 5.39. The van der Waals surface area contributed by atoms with Crippen molar-refractivity contribution in [1.29, 1.82) is 0 Å². The van der Waals surface area contributed by atoms with Crippen LogP contribution in [0, 0.1) is 0 Å². The molecule has 1 atom stereocenters. The number of ether oxygens (including phenoxy) is 1. The van der Waals surface area contributed by atoms with E-state index in [-0.39, 0.29) is 12.6 Å². The largest absolute Gasteiger partial charge is 0.481 e. The lowest BCUT2D eigenvalue weighted by Gasteiger charge is -2.23. The van der Waals surface area contributed by atoms with Crippen LogP contribution < -0.4 is 0 Å². The smallest absolute Gasteiger partial charge is 0.303 e. The number of carbonyl (C=O) groups is 1. The van der Waals surface area contributed by atoms with Gasteiger partial charge in [-0.15, -0.1) is 0 Å². The lowest BCUT2D eigenvalue weighted by atomic mass is 10.1. The summed E-state index contributed by atoms with van der Waals surface area (Å²) in [5.74, 6) is -0.829. The van der Waals surface area contributed by atoms with E-state index >= 15 is 0 Å². The first kappa shape index (κ1) is 15.8. The van der Waals surface area contributed by atoms with E-state index in [1.165, 1.54) is 0 Å². The fourth-order valence-electron chi connectivity index (χ4n) is 2.74. The molecule has 1 N–H and O–H groups in total. The van der Waals surface area contributed by atoms with Crippen molar-refractivity contribution in [2.75, 3.05) is 6.61 Å². The van der Waals surface area contributed by atoms with Crippen LogP contribution in [0.3, 0.4) is 0 Å². The Morgan fingerprint density at radius 1 is 1.50 bits per heavy atom. The minimum absolute atomic E-state index is 0.0535. The normalized spacial score (nSPS) is 18.7. The van der Waals surface area contributed by atoms with Crippen LogP contribution in [0.1, 0.15) is 37.6 Å². The number of benzene rings is 1.